The molecule has 1 saturated carbocycles. The molecule has 1 aliphatic carbocycles. The van der Waals surface area contributed by atoms with E-state index in [9.17, 15) is 19.2 Å². The van der Waals surface area contributed by atoms with Crippen LogP contribution < -0.4 is 27.6 Å². The van der Waals surface area contributed by atoms with E-state index in [1.165, 1.54) is 11.1 Å². The molecule has 5 rings (SSSR count). The number of aromatic amines is 3. The van der Waals surface area contributed by atoms with Crippen molar-refractivity contribution < 1.29 is 9.59 Å². The van der Waals surface area contributed by atoms with Crippen LogP contribution >= 0.6 is 0 Å². The highest BCUT2D eigenvalue weighted by Gasteiger charge is 2.35. The number of hydrogen-bond donors (Lipinski definition) is 5. The predicted molar refractivity (Wildman–Crippen MR) is 151 cm³/mol. The summed E-state index contributed by atoms with van der Waals surface area (Å²) in [6.45, 7) is 0.585. The van der Waals surface area contributed by atoms with E-state index in [0.29, 0.717) is 53.5 Å². The van der Waals surface area contributed by atoms with Crippen LogP contribution in [-0.4, -0.2) is 55.0 Å². The largest absolute Gasteiger partial charge is 0.330 e. The van der Waals surface area contributed by atoms with Crippen molar-refractivity contribution in [3.05, 3.63) is 81.1 Å². The lowest BCUT2D eigenvalue weighted by molar-refractivity contribution is -0.130. The van der Waals surface area contributed by atoms with Crippen LogP contribution in [0.5, 0.6) is 0 Å². The van der Waals surface area contributed by atoms with Crippen molar-refractivity contribution in [3.8, 4) is 22.5 Å². The van der Waals surface area contributed by atoms with E-state index in [-0.39, 0.29) is 18.2 Å². The third kappa shape index (κ3) is 6.21. The van der Waals surface area contributed by atoms with Crippen molar-refractivity contribution in [1.82, 2.24) is 30.6 Å². The molecule has 1 atom stereocenters. The van der Waals surface area contributed by atoms with Gasteiger partial charge in [0.25, 0.3) is 11.5 Å². The van der Waals surface area contributed by atoms with E-state index in [1.54, 1.807) is 48.5 Å². The summed E-state index contributed by atoms with van der Waals surface area (Å²) in [7, 11) is 0. The zero-order valence-corrected chi connectivity index (χ0v) is 22.2. The van der Waals surface area contributed by atoms with Gasteiger partial charge in [0, 0.05) is 17.7 Å². The molecule has 2 aromatic carbocycles. The van der Waals surface area contributed by atoms with E-state index in [1.807, 2.05) is 0 Å². The van der Waals surface area contributed by atoms with Crippen molar-refractivity contribution in [3.63, 3.8) is 0 Å². The zero-order chi connectivity index (χ0) is 28.9. The number of nitrogens with two attached hydrogens (primary N) is 2. The Labute approximate surface area is 234 Å². The standard InChI is InChI=1S/C28H31N9O4/c29-14-17-3-7-20(8-4-17)26(39)37(21-11-9-19(10-12-21)24-33-35-36-34-24)27(40)23(30)13-16-1-5-18(6-2-16)22-15-31-28(41)32-25(22)38/h1-2,5-6,9-12,15,17,20,23H,3-4,7-8,13-14,29-30H2,(H2,31,32,38,41)(H,33,34,35,36)/t17?,20?,23-/m0/s1. The molecule has 1 aliphatic rings. The van der Waals surface area contributed by atoms with E-state index in [2.05, 4.69) is 30.6 Å². The van der Waals surface area contributed by atoms with Gasteiger partial charge in [-0.05, 0) is 85.2 Å². The predicted octanol–water partition coefficient (Wildman–Crippen LogP) is 1.11. The minimum absolute atomic E-state index is 0.172. The van der Waals surface area contributed by atoms with Crippen LogP contribution in [0.15, 0.2) is 64.3 Å². The van der Waals surface area contributed by atoms with Crippen molar-refractivity contribution in [2.75, 3.05) is 11.4 Å². The first kappa shape index (κ1) is 27.8. The van der Waals surface area contributed by atoms with Crippen molar-refractivity contribution in [2.24, 2.45) is 23.3 Å². The molecule has 0 saturated heterocycles. The number of aromatic nitrogens is 6. The number of rotatable bonds is 8. The van der Waals surface area contributed by atoms with Gasteiger partial charge in [-0.3, -0.25) is 19.4 Å². The summed E-state index contributed by atoms with van der Waals surface area (Å²) < 4.78 is 0. The summed E-state index contributed by atoms with van der Waals surface area (Å²) in [6.07, 6.45) is 4.51. The van der Waals surface area contributed by atoms with Gasteiger partial charge in [0.15, 0.2) is 0 Å². The number of anilines is 1. The molecular formula is C28H31N9O4. The average Bonchev–Trinajstić information content (AvgIpc) is 3.53. The quantitative estimate of drug-likeness (QED) is 0.210. The van der Waals surface area contributed by atoms with Crippen LogP contribution in [0.1, 0.15) is 31.2 Å². The fourth-order valence-electron chi connectivity index (χ4n) is 5.19. The van der Waals surface area contributed by atoms with Gasteiger partial charge in [-0.2, -0.15) is 5.21 Å². The molecule has 7 N–H and O–H groups in total. The van der Waals surface area contributed by atoms with Gasteiger partial charge in [-0.1, -0.05) is 24.3 Å². The highest BCUT2D eigenvalue weighted by molar-refractivity contribution is 6.17. The van der Waals surface area contributed by atoms with Crippen LogP contribution in [0.2, 0.25) is 0 Å². The number of amides is 2. The summed E-state index contributed by atoms with van der Waals surface area (Å²) in [5.74, 6) is -0.315. The summed E-state index contributed by atoms with van der Waals surface area (Å²) in [5, 5.41) is 13.9. The number of H-pyrrole nitrogens is 3. The first-order chi connectivity index (χ1) is 19.8. The van der Waals surface area contributed by atoms with Gasteiger partial charge < -0.3 is 16.5 Å². The van der Waals surface area contributed by atoms with Crippen molar-refractivity contribution in [1.29, 1.82) is 0 Å². The van der Waals surface area contributed by atoms with Gasteiger partial charge >= 0.3 is 5.69 Å². The van der Waals surface area contributed by atoms with Gasteiger partial charge in [-0.25, -0.2) is 9.69 Å². The van der Waals surface area contributed by atoms with Gasteiger partial charge in [0.2, 0.25) is 11.7 Å². The van der Waals surface area contributed by atoms with E-state index in [0.717, 1.165) is 18.4 Å². The zero-order valence-electron chi connectivity index (χ0n) is 22.2. The van der Waals surface area contributed by atoms with Crippen LogP contribution in [0.4, 0.5) is 5.69 Å². The summed E-state index contributed by atoms with van der Waals surface area (Å²) >= 11 is 0. The molecule has 0 radical (unpaired) electrons. The first-order valence-corrected chi connectivity index (χ1v) is 13.4. The number of carbonyl (C=O) groups excluding carboxylic acids is 2. The van der Waals surface area contributed by atoms with Crippen molar-refractivity contribution in [2.45, 2.75) is 38.1 Å². The Hall–Kier alpha value is -4.75. The normalized spacial score (nSPS) is 17.6. The molecule has 13 heteroatoms. The molecule has 2 aromatic heterocycles. The Morgan fingerprint density at radius 3 is 2.27 bits per heavy atom. The molecule has 13 nitrogen and oxygen atoms in total. The lowest BCUT2D eigenvalue weighted by atomic mass is 9.81. The maximum atomic E-state index is 13.8. The Bertz CT molecular complexity index is 1600. The highest BCUT2D eigenvalue weighted by Crippen LogP contribution is 2.32. The van der Waals surface area contributed by atoms with Crippen LogP contribution in [-0.2, 0) is 16.0 Å². The second kappa shape index (κ2) is 12.2. The van der Waals surface area contributed by atoms with Gasteiger partial charge in [0.1, 0.15) is 0 Å². The number of tetrazole rings is 1. The molecule has 2 amide bonds. The van der Waals surface area contributed by atoms with Crippen LogP contribution in [0.3, 0.4) is 0 Å². The fraction of sp³-hybridized carbons (Fsp3) is 0.321. The minimum Gasteiger partial charge on any atom is -0.330 e. The maximum Gasteiger partial charge on any atom is 0.325 e. The minimum atomic E-state index is -1.00. The molecule has 0 bridgehead atoms. The Morgan fingerprint density at radius 2 is 1.66 bits per heavy atom. The SMILES string of the molecule is NCC1CCC(C(=O)N(C(=O)[C@@H](N)Cc2ccc(-c3c[nH]c(=O)[nH]c3=O)cc2)c2ccc(-c3nn[nH]n3)cc2)CC1. The number of imide groups is 1. The number of benzene rings is 2. The van der Waals surface area contributed by atoms with E-state index < -0.39 is 23.2 Å². The molecule has 212 valence electrons. The average molecular weight is 558 g/mol. The number of nitrogens with zero attached hydrogens (tertiary/aromatic N) is 4. The Morgan fingerprint density at radius 1 is 0.976 bits per heavy atom. The third-order valence-electron chi connectivity index (χ3n) is 7.56. The Kier molecular flexibility index (Phi) is 8.26. The molecular weight excluding hydrogens is 526 g/mol. The summed E-state index contributed by atoms with van der Waals surface area (Å²) in [4.78, 5) is 56.8. The summed E-state index contributed by atoms with van der Waals surface area (Å²) in [6, 6.07) is 12.7. The molecule has 4 aromatic rings. The summed E-state index contributed by atoms with van der Waals surface area (Å²) in [5.41, 5.74) is 13.9. The van der Waals surface area contributed by atoms with E-state index >= 15 is 0 Å². The topological polar surface area (TPSA) is 210 Å². The second-order valence-electron chi connectivity index (χ2n) is 10.2. The van der Waals surface area contributed by atoms with Gasteiger partial charge in [-0.15, -0.1) is 10.2 Å². The first-order valence-electron chi connectivity index (χ1n) is 13.4. The number of hydrogen-bond acceptors (Lipinski definition) is 9. The van der Waals surface area contributed by atoms with Gasteiger partial charge in [0.05, 0.1) is 17.3 Å². The van der Waals surface area contributed by atoms with Crippen molar-refractivity contribution >= 4 is 17.5 Å². The third-order valence-corrected chi connectivity index (χ3v) is 7.56. The lowest BCUT2D eigenvalue weighted by Crippen LogP contribution is -2.50. The number of nitrogens with one attached hydrogen (secondary N) is 3. The fourth-order valence-corrected chi connectivity index (χ4v) is 5.19. The molecule has 0 spiro atoms. The molecule has 2 heterocycles. The Balaban J connectivity index is 1.36. The number of carbonyl (C=O) groups is 2. The smallest absolute Gasteiger partial charge is 0.325 e. The maximum absolute atomic E-state index is 13.8. The van der Waals surface area contributed by atoms with Crippen LogP contribution in [0, 0.1) is 11.8 Å². The highest BCUT2D eigenvalue weighted by atomic mass is 16.2. The molecule has 0 aliphatic heterocycles. The van der Waals surface area contributed by atoms with E-state index in [4.69, 9.17) is 11.5 Å². The molecule has 41 heavy (non-hydrogen) atoms. The molecule has 0 unspecified atom stereocenters. The molecule has 1 fully saturated rings. The van der Waals surface area contributed by atoms with Crippen LogP contribution in [0.25, 0.3) is 22.5 Å². The second-order valence-corrected chi connectivity index (χ2v) is 10.2. The monoisotopic (exact) mass is 557 g/mol. The lowest BCUT2D eigenvalue weighted by Gasteiger charge is -2.32.